The predicted molar refractivity (Wildman–Crippen MR) is 438 cm³/mol. The molecule has 0 aliphatic carbocycles. The molecule has 0 spiro atoms. The Balaban J connectivity index is 0.840. The minimum Gasteiger partial charge on any atom is -0.311 e. The first-order valence-electron chi connectivity index (χ1n) is 34.1. The summed E-state index contributed by atoms with van der Waals surface area (Å²) >= 11 is 5.01. The van der Waals surface area contributed by atoms with Crippen molar-refractivity contribution in [3.8, 4) is 107 Å². The fraction of sp³-hybridized carbons (Fsp3) is 0. The number of rotatable bonds is 12. The van der Waals surface area contributed by atoms with E-state index in [0.717, 1.165) is 118 Å². The Hall–Kier alpha value is -11.9. The molecule has 0 amide bonds. The van der Waals surface area contributed by atoms with E-state index in [2.05, 4.69) is 357 Å². The highest BCUT2D eigenvalue weighted by atomic mass is 127. The van der Waals surface area contributed by atoms with Crippen molar-refractivity contribution in [3.63, 3.8) is 0 Å². The van der Waals surface area contributed by atoms with Crippen LogP contribution >= 0.6 is 45.2 Å². The first-order valence-corrected chi connectivity index (χ1v) is 36.3. The van der Waals surface area contributed by atoms with Gasteiger partial charge in [-0.2, -0.15) is 0 Å². The van der Waals surface area contributed by atoms with Crippen LogP contribution < -0.4 is 26.2 Å². The van der Waals surface area contributed by atoms with Crippen molar-refractivity contribution in [2.24, 2.45) is 0 Å². The normalized spacial score (nSPS) is 12.2. The topological polar surface area (TPSA) is 75.9 Å². The average Bonchev–Trinajstić information content (AvgIpc) is 0.774. The maximum absolute atomic E-state index is 5.45. The lowest BCUT2D eigenvalue weighted by Crippen LogP contribution is -2.61. The molecule has 0 saturated carbocycles. The van der Waals surface area contributed by atoms with Crippen LogP contribution in [0.2, 0.25) is 0 Å². The summed E-state index contributed by atoms with van der Waals surface area (Å²) in [6.45, 7) is -0.0681. The third kappa shape index (κ3) is 10.9. The van der Waals surface area contributed by atoms with Crippen LogP contribution in [0.1, 0.15) is 0 Å². The second kappa shape index (κ2) is 25.7. The number of hydrogen-bond acceptors (Lipinski definition) is 7. The fourth-order valence-electron chi connectivity index (χ4n) is 15.0. The van der Waals surface area contributed by atoms with Crippen LogP contribution in [0.25, 0.3) is 129 Å². The van der Waals surface area contributed by atoms with Gasteiger partial charge < -0.3 is 14.4 Å². The van der Waals surface area contributed by atoms with E-state index >= 15 is 0 Å². The van der Waals surface area contributed by atoms with E-state index in [1.165, 1.54) is 45.8 Å². The number of para-hydroxylation sites is 1. The van der Waals surface area contributed by atoms with E-state index in [1.54, 1.807) is 0 Å². The molecule has 14 aromatic carbocycles. The molecular weight excluding hydrogens is 1470 g/mol. The molecule has 0 saturated heterocycles. The van der Waals surface area contributed by atoms with Crippen LogP contribution in [0.3, 0.4) is 0 Å². The molecule has 19 rings (SSSR count). The highest BCUT2D eigenvalue weighted by molar-refractivity contribution is 14.1. The molecule has 0 fully saturated rings. The first kappa shape index (κ1) is 61.2. The Morgan fingerprint density at radius 3 is 1.14 bits per heavy atom. The van der Waals surface area contributed by atoms with Gasteiger partial charge in [0, 0.05) is 85.4 Å². The van der Waals surface area contributed by atoms with Crippen molar-refractivity contribution in [3.05, 3.63) is 353 Å². The number of anilines is 6. The predicted octanol–water partition coefficient (Wildman–Crippen LogP) is 22.1. The number of aromatic nitrogens is 6. The van der Waals surface area contributed by atoms with Crippen LogP contribution in [-0.2, 0) is 0 Å². The Bertz CT molecular complexity index is 5810. The van der Waals surface area contributed by atoms with Gasteiger partial charge in [-0.15, -0.1) is 0 Å². The molecule has 0 radical (unpaired) electrons. The molecule has 0 atom stereocenters. The van der Waals surface area contributed by atoms with Gasteiger partial charge in [0.25, 0.3) is 6.71 Å². The average molecular weight is 1530 g/mol. The monoisotopic (exact) mass is 1530 g/mol. The molecule has 5 heterocycles. The highest BCUT2D eigenvalue weighted by Gasteiger charge is 2.44. The Morgan fingerprint density at radius 2 is 0.637 bits per heavy atom. The summed E-state index contributed by atoms with van der Waals surface area (Å²) in [5.41, 5.74) is 27.3. The van der Waals surface area contributed by atoms with Crippen LogP contribution in [-0.4, -0.2) is 36.2 Å². The van der Waals surface area contributed by atoms with E-state index in [9.17, 15) is 0 Å². The van der Waals surface area contributed by atoms with Crippen LogP contribution in [0.5, 0.6) is 0 Å². The molecule has 0 bridgehead atoms. The molecular formula is C91H57BI2N8. The molecule has 102 heavy (non-hydrogen) atoms. The standard InChI is InChI=1S/C91H57BI2N8/c93-69-41-49-83-76(55-69)92-77-56-70(94)42-50-84(77)101(72-45-37-61(38-46-72)59-23-9-2-10-24-59)86-54-68(53-85(87(86)92)100(83)71-43-35-60(36-44-71)58-21-7-1-8-22-58)66-39-47-81-74(51-66)73-33-19-20-34-80(73)102(81)82-48-40-67(90-95-78(62-25-11-3-12-26-62)57-79(96-90)63-27-13-4-14-28-63)52-75(82)91-98-88(64-29-15-5-16-30-64)97-89(99-91)65-31-17-6-18-32-65/h1-57H. The lowest BCUT2D eigenvalue weighted by Gasteiger charge is -2.44. The van der Waals surface area contributed by atoms with Gasteiger partial charge in [-0.1, -0.05) is 243 Å². The van der Waals surface area contributed by atoms with Crippen molar-refractivity contribution in [1.82, 2.24) is 29.5 Å². The minimum absolute atomic E-state index is 0.0681. The second-order valence-electron chi connectivity index (χ2n) is 25.8. The van der Waals surface area contributed by atoms with E-state index in [0.29, 0.717) is 23.3 Å². The summed E-state index contributed by atoms with van der Waals surface area (Å²) in [6, 6.07) is 124. The van der Waals surface area contributed by atoms with E-state index in [1.807, 2.05) is 48.5 Å². The Labute approximate surface area is 618 Å². The summed E-state index contributed by atoms with van der Waals surface area (Å²) in [5.74, 6) is 2.22. The molecule has 2 aliphatic heterocycles. The van der Waals surface area contributed by atoms with Crippen LogP contribution in [0.15, 0.2) is 346 Å². The summed E-state index contributed by atoms with van der Waals surface area (Å²) in [6.07, 6.45) is 0. The third-order valence-corrected chi connectivity index (χ3v) is 21.1. The van der Waals surface area contributed by atoms with Crippen molar-refractivity contribution in [1.29, 1.82) is 0 Å². The largest absolute Gasteiger partial charge is 0.311 e. The van der Waals surface area contributed by atoms with Gasteiger partial charge >= 0.3 is 0 Å². The van der Waals surface area contributed by atoms with Gasteiger partial charge in [-0.25, -0.2) is 24.9 Å². The fourth-order valence-corrected chi connectivity index (χ4v) is 16.0. The molecule has 0 N–H and O–H groups in total. The molecule has 11 heteroatoms. The summed E-state index contributed by atoms with van der Waals surface area (Å²) in [5, 5.41) is 2.20. The Morgan fingerprint density at radius 1 is 0.245 bits per heavy atom. The molecule has 0 unspecified atom stereocenters. The van der Waals surface area contributed by atoms with Crippen molar-refractivity contribution in [2.45, 2.75) is 0 Å². The summed E-state index contributed by atoms with van der Waals surface area (Å²) in [7, 11) is 0. The zero-order valence-electron chi connectivity index (χ0n) is 54.8. The van der Waals surface area contributed by atoms with Crippen LogP contribution in [0.4, 0.5) is 34.1 Å². The molecule has 17 aromatic rings. The number of fused-ring (bicyclic) bond motifs is 7. The molecule has 2 aliphatic rings. The van der Waals surface area contributed by atoms with E-state index in [-0.39, 0.29) is 6.71 Å². The molecule has 3 aromatic heterocycles. The van der Waals surface area contributed by atoms with Gasteiger partial charge in [-0.05, 0) is 198 Å². The van der Waals surface area contributed by atoms with Gasteiger partial charge in [0.05, 0.1) is 28.1 Å². The van der Waals surface area contributed by atoms with E-state index in [4.69, 9.17) is 24.9 Å². The summed E-state index contributed by atoms with van der Waals surface area (Å²) < 4.78 is 4.77. The molecule has 8 nitrogen and oxygen atoms in total. The van der Waals surface area contributed by atoms with Gasteiger partial charge in [-0.3, -0.25) is 0 Å². The zero-order valence-corrected chi connectivity index (χ0v) is 59.1. The molecule has 478 valence electrons. The lowest BCUT2D eigenvalue weighted by atomic mass is 9.33. The van der Waals surface area contributed by atoms with Gasteiger partial charge in [0.2, 0.25) is 0 Å². The van der Waals surface area contributed by atoms with Crippen molar-refractivity contribution < 1.29 is 0 Å². The summed E-state index contributed by atoms with van der Waals surface area (Å²) in [4.78, 5) is 31.9. The lowest BCUT2D eigenvalue weighted by molar-refractivity contribution is 1.06. The quantitative estimate of drug-likeness (QED) is 0.0891. The van der Waals surface area contributed by atoms with Gasteiger partial charge in [0.1, 0.15) is 0 Å². The van der Waals surface area contributed by atoms with Crippen molar-refractivity contribution >= 4 is 124 Å². The maximum atomic E-state index is 5.45. The van der Waals surface area contributed by atoms with Crippen LogP contribution in [0, 0.1) is 7.14 Å². The number of hydrogen-bond donors (Lipinski definition) is 0. The SMILES string of the molecule is Ic1ccc2c(c1)B1c3cc(I)ccc3N(c3ccc(-c4ccccc4)cc3)c3cc(-c4ccc5c(c4)c4ccccc4n5-c4ccc(-c5nc(-c6ccccc6)cc(-c6ccccc6)n5)cc4-c4nc(-c5ccccc5)nc(-c5ccccc5)n4)cc(c31)N2c1ccc(-c2ccccc2)cc1. The second-order valence-corrected chi connectivity index (χ2v) is 28.3. The zero-order chi connectivity index (χ0) is 67.8. The Kier molecular flexibility index (Phi) is 15.4. The van der Waals surface area contributed by atoms with Crippen molar-refractivity contribution in [2.75, 3.05) is 9.80 Å². The minimum atomic E-state index is -0.0681. The number of benzene rings is 14. The number of halogens is 2. The first-order chi connectivity index (χ1) is 50.4. The maximum Gasteiger partial charge on any atom is 0.252 e. The van der Waals surface area contributed by atoms with Gasteiger partial charge in [0.15, 0.2) is 23.3 Å². The van der Waals surface area contributed by atoms with E-state index < -0.39 is 0 Å². The number of nitrogens with zero attached hydrogens (tertiary/aromatic N) is 8. The highest BCUT2D eigenvalue weighted by Crippen LogP contribution is 2.48. The third-order valence-electron chi connectivity index (χ3n) is 19.8. The smallest absolute Gasteiger partial charge is 0.252 e.